The molecule has 18 N–H and O–H groups in total. The van der Waals surface area contributed by atoms with Crippen LogP contribution < -0.4 is 71.9 Å². The Kier molecular flexibility index (Phi) is 47.0. The Morgan fingerprint density at radius 3 is 1.45 bits per heavy atom. The maximum atomic E-state index is 12.5. The van der Waals surface area contributed by atoms with Gasteiger partial charge in [-0.2, -0.15) is 0 Å². The summed E-state index contributed by atoms with van der Waals surface area (Å²) in [5, 5.41) is 106. The minimum Gasteiger partial charge on any atom is -0.790 e. The molecule has 6 aliphatic rings. The Bertz CT molecular complexity index is 5490. The van der Waals surface area contributed by atoms with Gasteiger partial charge in [-0.15, -0.1) is 0 Å². The molecule has 2 saturated heterocycles. The van der Waals surface area contributed by atoms with E-state index in [0.717, 1.165) is 120 Å². The SMILES string of the molecule is CC(=O)SCCNC(=O)CCNC(=O)C(O)C(C)(C)COP(=O)([O-])OP(=O)([O-])OCC1OC(n2cnc3c(N)ncnc32)C(O)C1OP(=O)([O-])[O-].CC(C)(COP(=O)([O-])OP(=O)([O-])OCC1OC(n2cnc3c(N)ncnc32)C(O)C1OP(=O)([O-])[O-])C(O)C(=O)NCCC(=O)NCCSC(=O)C[C@](C)(O)CC(=O)O.CC(C)CCCC(C)C1CCC2C3CC=C4CC(O)CCC4(C)C3CCC12C.C[C@](O)(CCO)CC(=O)O. The molecular formula is C83H132N14O42P6S2-8. The number of aliphatic hydroxyl groups excluding tert-OH is 6. The molecule has 10 rings (SSSR count). The number of hydrogen-bond acceptors (Lipinski definition) is 50. The van der Waals surface area contributed by atoms with Gasteiger partial charge in [-0.05, 0) is 118 Å². The predicted octanol–water partition coefficient (Wildman–Crippen LogP) is -1.11. The van der Waals surface area contributed by atoms with Crippen LogP contribution in [0.15, 0.2) is 37.0 Å². The topological polar surface area (TPSA) is 905 Å². The number of ether oxygens (including phenoxy) is 2. The first-order valence-corrected chi connectivity index (χ1v) is 57.4. The molecule has 64 heteroatoms. The molecule has 836 valence electrons. The molecule has 0 aromatic carbocycles. The average Bonchev–Trinajstić information content (AvgIpc) is 1.63. The van der Waals surface area contributed by atoms with E-state index in [1.807, 2.05) is 0 Å². The molecule has 2 aliphatic heterocycles. The highest BCUT2D eigenvalue weighted by Crippen LogP contribution is 2.68. The number of phosphoric ester groups is 6. The van der Waals surface area contributed by atoms with Crippen LogP contribution in [0.4, 0.5) is 11.6 Å². The van der Waals surface area contributed by atoms with E-state index in [-0.39, 0.29) is 109 Å². The number of nitrogens with two attached hydrogens (primary N) is 2. The van der Waals surface area contributed by atoms with Crippen LogP contribution in [0.2, 0.25) is 0 Å². The van der Waals surface area contributed by atoms with E-state index in [4.69, 9.17) is 41.4 Å². The van der Waals surface area contributed by atoms with Crippen LogP contribution in [0.1, 0.15) is 205 Å². The Hall–Kier alpha value is -6.36. The lowest BCUT2D eigenvalue weighted by Gasteiger charge is -2.58. The number of carbonyl (C=O) groups is 8. The van der Waals surface area contributed by atoms with Gasteiger partial charge in [0.1, 0.15) is 72.5 Å². The number of hydrogen-bond donors (Lipinski definition) is 16. The van der Waals surface area contributed by atoms with Crippen LogP contribution >= 0.6 is 70.5 Å². The van der Waals surface area contributed by atoms with Gasteiger partial charge in [0.2, 0.25) is 23.6 Å². The van der Waals surface area contributed by atoms with E-state index in [2.05, 4.69) is 128 Å². The average molecular weight is 2250 g/mol. The summed E-state index contributed by atoms with van der Waals surface area (Å²) in [5.74, 6) is 0.279. The molecule has 5 fully saturated rings. The van der Waals surface area contributed by atoms with Crippen molar-refractivity contribution < 1.29 is 201 Å². The van der Waals surface area contributed by atoms with E-state index in [0.29, 0.717) is 16.6 Å². The monoisotopic (exact) mass is 2250 g/mol. The third-order valence-corrected chi connectivity index (χ3v) is 33.8. The Morgan fingerprint density at radius 1 is 0.578 bits per heavy atom. The summed E-state index contributed by atoms with van der Waals surface area (Å²) in [6.45, 7) is 16.1. The highest BCUT2D eigenvalue weighted by atomic mass is 32.2. The largest absolute Gasteiger partial charge is 0.790 e. The van der Waals surface area contributed by atoms with Crippen LogP contribution in [0.3, 0.4) is 0 Å². The van der Waals surface area contributed by atoms with Gasteiger partial charge < -0.3 is 169 Å². The maximum absolute atomic E-state index is 12.5. The number of rotatable bonds is 51. The molecule has 3 saturated carbocycles. The molecule has 4 aliphatic carbocycles. The lowest BCUT2D eigenvalue weighted by molar-refractivity contribution is -0.348. The van der Waals surface area contributed by atoms with Crippen LogP contribution in [-0.2, 0) is 111 Å². The fraction of sp³-hybridized carbons (Fsp3) is 0.759. The number of nitrogen functional groups attached to an aromatic ring is 2. The van der Waals surface area contributed by atoms with Crippen molar-refractivity contribution in [2.75, 3.05) is 82.2 Å². The van der Waals surface area contributed by atoms with Crippen molar-refractivity contribution in [3.8, 4) is 0 Å². The predicted molar refractivity (Wildman–Crippen MR) is 503 cm³/mol. The number of allylic oxidation sites excluding steroid dienone is 1. The molecule has 4 aromatic heterocycles. The molecule has 24 atom stereocenters. The number of aliphatic hydroxyl groups is 8. The molecular weight excluding hydrogens is 2110 g/mol. The number of phosphoric acid groups is 6. The summed E-state index contributed by atoms with van der Waals surface area (Å²) < 4.78 is 121. The van der Waals surface area contributed by atoms with Crippen molar-refractivity contribution in [2.24, 2.45) is 57.2 Å². The fourth-order valence-corrected chi connectivity index (χ4v) is 25.5. The number of carbonyl (C=O) groups excluding carboxylic acids is 6. The number of aliphatic carboxylic acids is 2. The quantitative estimate of drug-likeness (QED) is 0.0142. The Morgan fingerprint density at radius 2 is 1.02 bits per heavy atom. The van der Waals surface area contributed by atoms with Gasteiger partial charge in [0.05, 0.1) is 84.9 Å². The van der Waals surface area contributed by atoms with Crippen molar-refractivity contribution in [3.63, 3.8) is 0 Å². The summed E-state index contributed by atoms with van der Waals surface area (Å²) >= 11 is 1.77. The summed E-state index contributed by atoms with van der Waals surface area (Å²) in [7, 11) is -35.2. The van der Waals surface area contributed by atoms with Gasteiger partial charge in [-0.3, -0.25) is 65.8 Å². The Balaban J connectivity index is 0.000000297. The number of carboxylic acid groups (broad SMARTS) is 2. The highest BCUT2D eigenvalue weighted by molar-refractivity contribution is 8.13. The van der Waals surface area contributed by atoms with Gasteiger partial charge >= 0.3 is 11.9 Å². The second-order valence-corrected chi connectivity index (χ2v) is 50.1. The highest BCUT2D eigenvalue weighted by Gasteiger charge is 2.60. The van der Waals surface area contributed by atoms with Gasteiger partial charge in [0.15, 0.2) is 45.6 Å². The van der Waals surface area contributed by atoms with Crippen LogP contribution in [-0.4, -0.2) is 273 Å². The molecule has 0 spiro atoms. The zero-order chi connectivity index (χ0) is 111. The lowest BCUT2D eigenvalue weighted by atomic mass is 9.47. The zero-order valence-electron chi connectivity index (χ0n) is 82.8. The second kappa shape index (κ2) is 54.1. The first-order valence-electron chi connectivity index (χ1n) is 46.7. The smallest absolute Gasteiger partial charge is 0.306 e. The number of carboxylic acids is 2. The molecule has 22 unspecified atom stereocenters. The molecule has 0 radical (unpaired) electrons. The number of thioether (sulfide) groups is 2. The van der Waals surface area contributed by atoms with Crippen molar-refractivity contribution in [2.45, 2.75) is 271 Å². The molecule has 4 amide bonds. The van der Waals surface area contributed by atoms with E-state index >= 15 is 0 Å². The number of nitrogens with one attached hydrogen (secondary N) is 4. The van der Waals surface area contributed by atoms with E-state index < -0.39 is 210 Å². The number of amides is 4. The van der Waals surface area contributed by atoms with Crippen molar-refractivity contribution in [3.05, 3.63) is 37.0 Å². The van der Waals surface area contributed by atoms with Gasteiger partial charge in [-0.25, -0.2) is 38.5 Å². The minimum atomic E-state index is -5.94. The summed E-state index contributed by atoms with van der Waals surface area (Å²) in [4.78, 5) is 211. The molecule has 147 heavy (non-hydrogen) atoms. The van der Waals surface area contributed by atoms with Gasteiger partial charge in [-0.1, -0.05) is 117 Å². The van der Waals surface area contributed by atoms with Gasteiger partial charge in [0, 0.05) is 81.3 Å². The summed E-state index contributed by atoms with van der Waals surface area (Å²) in [5.41, 5.74) is 7.63. The van der Waals surface area contributed by atoms with E-state index in [1.54, 1.807) is 5.57 Å². The minimum absolute atomic E-state index is 0.00514. The summed E-state index contributed by atoms with van der Waals surface area (Å²) in [6, 6.07) is 0. The molecule has 0 bridgehead atoms. The standard InChI is InChI=1S/C27H44N7O20P3S.C27H46O.C23H38N7O17P3S.C6H12O4/c1-26(2,21(40)24(41)30-5-4-15(35)29-6-7-58-17(38)9-27(3,42)8-16(36)37)11-51-57(48,49)54-56(46,47)50-10-14-20(53-55(43,44)45)19(39)25(52-14)34-13-33-18-22(28)31-12-32-23(18)34;1-18(2)7-6-8-19(3)23-11-12-24-22-10-9-20-17-21(28)13-15-26(20,4)25(22)14-16-27(23,24)5;1-12(31)51-7-6-25-14(32)4-5-26-21(35)18(34)23(2,3)9-44-50(41,42)47-49(39,40)43-8-13-17(46-48(36,37)38)16(33)22(45-13)30-11-29-15-19(24)27-10-28-20(15)30;1-6(10,2-3-7)4-5(8)9/h12-14,19-21,25,39-40,42H,4-11H2,1-3H3,(H,29,35)(H,30,41)(H,36,37)(H,46,47)(H,48,49)(H2,28,31,32)(H2,43,44,45);9,18-19,21-25,28H,6-8,10-17H2,1-5H3;10-11,13,16-18,22,33-34H,4-9H2,1-3H3,(H,25,32)(H,26,35)(H,39,40)(H,41,42)(H2,24,27,28)(H2,36,37,38);7,10H,2-4H2,1H3,(H,8,9)/p-8/t14?,19?,20?,21?,25?,27-;;;6-/m1..0/s1. The lowest BCUT2D eigenvalue weighted by Crippen LogP contribution is -2.50. The molecule has 4 aromatic rings. The Labute approximate surface area is 854 Å². The van der Waals surface area contributed by atoms with Crippen molar-refractivity contribution >= 4 is 150 Å². The van der Waals surface area contributed by atoms with Crippen LogP contribution in [0.5, 0.6) is 0 Å². The van der Waals surface area contributed by atoms with Crippen molar-refractivity contribution in [1.82, 2.24) is 60.3 Å². The third-order valence-electron chi connectivity index (χ3n) is 26.0. The van der Waals surface area contributed by atoms with Crippen LogP contribution in [0.25, 0.3) is 22.3 Å². The normalized spacial score (nSPS) is 26.6. The number of imidazole rings is 2. The number of aromatic nitrogens is 8. The third kappa shape index (κ3) is 38.9. The summed E-state index contributed by atoms with van der Waals surface area (Å²) in [6.07, 6.45) is 0.470. The fourth-order valence-electron chi connectivity index (χ4n) is 18.6. The second-order valence-electron chi connectivity index (χ2n) is 39.5. The van der Waals surface area contributed by atoms with E-state index in [9.17, 15) is 136 Å². The van der Waals surface area contributed by atoms with Crippen LogP contribution in [0, 0.1) is 57.2 Å². The first-order chi connectivity index (χ1) is 67.9. The molecule has 6 heterocycles. The van der Waals surface area contributed by atoms with Crippen molar-refractivity contribution in [1.29, 1.82) is 0 Å². The number of nitrogens with zero attached hydrogens (tertiary/aromatic N) is 8. The zero-order valence-corrected chi connectivity index (χ0v) is 89.8. The number of anilines is 2. The van der Waals surface area contributed by atoms with Gasteiger partial charge in [0.25, 0.3) is 31.3 Å². The first kappa shape index (κ1) is 128. The molecule has 56 nitrogen and oxygen atoms in total. The number of fused-ring (bicyclic) bond motifs is 7. The maximum Gasteiger partial charge on any atom is 0.306 e. The van der Waals surface area contributed by atoms with E-state index in [1.165, 1.54) is 92.4 Å².